The first-order valence-corrected chi connectivity index (χ1v) is 9.79. The summed E-state index contributed by atoms with van der Waals surface area (Å²) >= 11 is 0. The first kappa shape index (κ1) is 19.0. The maximum atomic E-state index is 13.2. The zero-order chi connectivity index (χ0) is 19.8. The van der Waals surface area contributed by atoms with Crippen LogP contribution in [-0.2, 0) is 9.84 Å². The first-order valence-electron chi connectivity index (χ1n) is 7.90. The van der Waals surface area contributed by atoms with Gasteiger partial charge in [-0.2, -0.15) is 5.10 Å². The number of benzene rings is 1. The molecule has 0 atom stereocenters. The third-order valence-corrected chi connectivity index (χ3v) is 5.11. The van der Waals surface area contributed by atoms with Gasteiger partial charge in [-0.05, 0) is 48.9 Å². The van der Waals surface area contributed by atoms with Gasteiger partial charge in [-0.3, -0.25) is 0 Å². The summed E-state index contributed by atoms with van der Waals surface area (Å²) in [6.07, 6.45) is -0.505. The van der Waals surface area contributed by atoms with Crippen molar-refractivity contribution in [1.82, 2.24) is 14.8 Å². The Balaban J connectivity index is 2.14. The third-order valence-electron chi connectivity index (χ3n) is 4.01. The molecule has 0 unspecified atom stereocenters. The van der Waals surface area contributed by atoms with Crippen LogP contribution in [0, 0.1) is 6.92 Å². The van der Waals surface area contributed by atoms with Crippen LogP contribution in [0.5, 0.6) is 5.75 Å². The predicted octanol–water partition coefficient (Wildman–Crippen LogP) is 3.59. The number of hydrogen-bond donors (Lipinski definition) is 0. The van der Waals surface area contributed by atoms with Gasteiger partial charge in [0.1, 0.15) is 11.4 Å². The molecular weight excluding hydrogens is 376 g/mol. The van der Waals surface area contributed by atoms with Gasteiger partial charge in [-0.25, -0.2) is 26.9 Å². The van der Waals surface area contributed by atoms with Crippen LogP contribution in [0.15, 0.2) is 47.5 Å². The quantitative estimate of drug-likeness (QED) is 0.662. The van der Waals surface area contributed by atoms with Gasteiger partial charge in [0.2, 0.25) is 0 Å². The summed E-state index contributed by atoms with van der Waals surface area (Å²) in [7, 11) is -1.86. The number of aryl methyl sites for hydroxylation is 1. The monoisotopic (exact) mass is 393 g/mol. The normalized spacial score (nSPS) is 11.8. The van der Waals surface area contributed by atoms with Crippen LogP contribution >= 0.6 is 0 Å². The van der Waals surface area contributed by atoms with Gasteiger partial charge in [0.05, 0.1) is 17.7 Å². The molecule has 2 heterocycles. The molecule has 3 aromatic rings. The molecule has 0 radical (unpaired) electrons. The van der Waals surface area contributed by atoms with E-state index in [1.54, 1.807) is 25.3 Å². The van der Waals surface area contributed by atoms with Crippen LogP contribution in [-0.4, -0.2) is 36.5 Å². The minimum Gasteiger partial charge on any atom is -0.496 e. The maximum Gasteiger partial charge on any atom is 0.282 e. The Bertz CT molecular complexity index is 1080. The molecule has 0 saturated heterocycles. The number of ether oxygens (including phenoxy) is 1. The van der Waals surface area contributed by atoms with Crippen LogP contribution in [0.3, 0.4) is 0 Å². The highest BCUT2D eigenvalue weighted by Gasteiger charge is 2.19. The van der Waals surface area contributed by atoms with Crippen molar-refractivity contribution in [3.63, 3.8) is 0 Å². The molecule has 0 aliphatic rings. The summed E-state index contributed by atoms with van der Waals surface area (Å²) in [6, 6.07) is 9.36. The summed E-state index contributed by atoms with van der Waals surface area (Å²) in [5.41, 5.74) is 1.51. The zero-order valence-corrected chi connectivity index (χ0v) is 15.7. The molecule has 9 heteroatoms. The number of pyridine rings is 1. The van der Waals surface area contributed by atoms with E-state index in [1.165, 1.54) is 29.1 Å². The predicted molar refractivity (Wildman–Crippen MR) is 96.2 cm³/mol. The van der Waals surface area contributed by atoms with Crippen LogP contribution in [0.4, 0.5) is 8.78 Å². The van der Waals surface area contributed by atoms with Gasteiger partial charge < -0.3 is 4.74 Å². The number of halogens is 2. The van der Waals surface area contributed by atoms with Crippen LogP contribution in [0.2, 0.25) is 0 Å². The first-order chi connectivity index (χ1) is 12.7. The van der Waals surface area contributed by atoms with E-state index in [9.17, 15) is 17.2 Å². The fourth-order valence-corrected chi connectivity index (χ4v) is 3.20. The molecule has 0 aliphatic carbocycles. The average molecular weight is 393 g/mol. The van der Waals surface area contributed by atoms with Crippen molar-refractivity contribution < 1.29 is 21.9 Å². The van der Waals surface area contributed by atoms with Crippen molar-refractivity contribution in [3.05, 3.63) is 53.9 Å². The zero-order valence-electron chi connectivity index (χ0n) is 14.8. The van der Waals surface area contributed by atoms with Gasteiger partial charge >= 0.3 is 0 Å². The molecule has 3 rings (SSSR count). The molecule has 0 bridgehead atoms. The van der Waals surface area contributed by atoms with Gasteiger partial charge in [0.15, 0.2) is 15.7 Å². The average Bonchev–Trinajstić information content (AvgIpc) is 3.06. The van der Waals surface area contributed by atoms with E-state index in [0.29, 0.717) is 17.0 Å². The van der Waals surface area contributed by atoms with Crippen molar-refractivity contribution in [2.75, 3.05) is 13.4 Å². The van der Waals surface area contributed by atoms with Crippen LogP contribution in [0.25, 0.3) is 17.1 Å². The van der Waals surface area contributed by atoms with Crippen molar-refractivity contribution in [3.8, 4) is 22.8 Å². The topological polar surface area (TPSA) is 74.1 Å². The minimum absolute atomic E-state index is 0.0364. The number of alkyl halides is 2. The Kier molecular flexibility index (Phi) is 4.97. The molecule has 6 nitrogen and oxygen atoms in total. The highest BCUT2D eigenvalue weighted by molar-refractivity contribution is 7.90. The second kappa shape index (κ2) is 7.07. The third kappa shape index (κ3) is 3.82. The molecule has 0 N–H and O–H groups in total. The van der Waals surface area contributed by atoms with E-state index in [2.05, 4.69) is 10.1 Å². The van der Waals surface area contributed by atoms with E-state index in [4.69, 9.17) is 4.74 Å². The molecule has 0 fully saturated rings. The fraction of sp³-hybridized carbons (Fsp3) is 0.222. The summed E-state index contributed by atoms with van der Waals surface area (Å²) < 4.78 is 56.1. The number of nitrogens with zero attached hydrogens (tertiary/aromatic N) is 3. The van der Waals surface area contributed by atoms with Crippen molar-refractivity contribution in [1.29, 1.82) is 0 Å². The van der Waals surface area contributed by atoms with E-state index in [-0.39, 0.29) is 10.7 Å². The Morgan fingerprint density at radius 3 is 2.41 bits per heavy atom. The second-order valence-electron chi connectivity index (χ2n) is 5.98. The van der Waals surface area contributed by atoms with E-state index < -0.39 is 22.0 Å². The van der Waals surface area contributed by atoms with E-state index in [1.807, 2.05) is 6.92 Å². The SMILES string of the molecule is COc1ccc(-c2cc(C(F)F)nn2-c2ccc(S(C)(=O)=O)cn2)cc1C. The van der Waals surface area contributed by atoms with Gasteiger partial charge in [0.25, 0.3) is 6.43 Å². The van der Waals surface area contributed by atoms with Crippen molar-refractivity contribution in [2.45, 2.75) is 18.2 Å². The van der Waals surface area contributed by atoms with E-state index in [0.717, 1.165) is 11.8 Å². The maximum absolute atomic E-state index is 13.2. The lowest BCUT2D eigenvalue weighted by atomic mass is 10.1. The van der Waals surface area contributed by atoms with Gasteiger partial charge in [-0.15, -0.1) is 0 Å². The van der Waals surface area contributed by atoms with Crippen molar-refractivity contribution in [2.24, 2.45) is 0 Å². The number of methoxy groups -OCH3 is 1. The fourth-order valence-electron chi connectivity index (χ4n) is 2.64. The van der Waals surface area contributed by atoms with Gasteiger partial charge in [-0.1, -0.05) is 0 Å². The number of hydrogen-bond acceptors (Lipinski definition) is 5. The summed E-state index contributed by atoms with van der Waals surface area (Å²) in [5.74, 6) is 0.910. The van der Waals surface area contributed by atoms with Crippen LogP contribution < -0.4 is 4.74 Å². The summed E-state index contributed by atoms with van der Waals surface area (Å²) in [4.78, 5) is 4.12. The second-order valence-corrected chi connectivity index (χ2v) is 7.99. The summed E-state index contributed by atoms with van der Waals surface area (Å²) in [6.45, 7) is 1.84. The lowest BCUT2D eigenvalue weighted by molar-refractivity contribution is 0.145. The Labute approximate surface area is 155 Å². The molecule has 27 heavy (non-hydrogen) atoms. The smallest absolute Gasteiger partial charge is 0.282 e. The number of aromatic nitrogens is 3. The molecule has 142 valence electrons. The molecule has 0 saturated carbocycles. The van der Waals surface area contributed by atoms with E-state index >= 15 is 0 Å². The molecule has 0 spiro atoms. The minimum atomic E-state index is -3.41. The molecule has 1 aromatic carbocycles. The van der Waals surface area contributed by atoms with Crippen LogP contribution in [0.1, 0.15) is 17.7 Å². The largest absolute Gasteiger partial charge is 0.496 e. The van der Waals surface area contributed by atoms with Gasteiger partial charge in [0, 0.05) is 18.0 Å². The Morgan fingerprint density at radius 1 is 1.15 bits per heavy atom. The Morgan fingerprint density at radius 2 is 1.89 bits per heavy atom. The highest BCUT2D eigenvalue weighted by Crippen LogP contribution is 2.30. The molecular formula is C18H17F2N3O3S. The van der Waals surface area contributed by atoms with Crippen molar-refractivity contribution >= 4 is 9.84 Å². The Hall–Kier alpha value is -2.81. The standard InChI is InChI=1S/C18H17F2N3O3S/c1-11-8-12(4-6-16(11)26-2)15-9-14(18(19)20)22-23(15)17-7-5-13(10-21-17)27(3,24)25/h4-10,18H,1-3H3. The lowest BCUT2D eigenvalue weighted by Crippen LogP contribution is -2.05. The molecule has 0 aliphatic heterocycles. The lowest BCUT2D eigenvalue weighted by Gasteiger charge is -2.10. The highest BCUT2D eigenvalue weighted by atomic mass is 32.2. The molecule has 2 aromatic heterocycles. The number of rotatable bonds is 5. The summed E-state index contributed by atoms with van der Waals surface area (Å²) in [5, 5.41) is 3.94. The number of sulfone groups is 1. The molecule has 0 amide bonds.